The molecular weight excluding hydrogens is 277 g/mol. The van der Waals surface area contributed by atoms with Crippen molar-refractivity contribution in [1.82, 2.24) is 0 Å². The van der Waals surface area contributed by atoms with Crippen molar-refractivity contribution in [3.8, 4) is 0 Å². The van der Waals surface area contributed by atoms with E-state index in [-0.39, 0.29) is 11.6 Å². The molecule has 0 aliphatic carbocycles. The lowest BCUT2D eigenvalue weighted by Crippen LogP contribution is -2.01. The molecular formula is C19H14FNO. The smallest absolute Gasteiger partial charge is 0.193 e. The molecule has 0 fully saturated rings. The van der Waals surface area contributed by atoms with E-state index in [1.165, 1.54) is 12.1 Å². The van der Waals surface area contributed by atoms with E-state index < -0.39 is 0 Å². The summed E-state index contributed by atoms with van der Waals surface area (Å²) >= 11 is 0. The van der Waals surface area contributed by atoms with Crippen LogP contribution < -0.4 is 5.32 Å². The maximum atomic E-state index is 12.9. The summed E-state index contributed by atoms with van der Waals surface area (Å²) in [6, 6.07) is 22.5. The largest absolute Gasteiger partial charge is 0.356 e. The highest BCUT2D eigenvalue weighted by Crippen LogP contribution is 2.18. The normalized spacial score (nSPS) is 10.2. The molecule has 3 heteroatoms. The van der Waals surface area contributed by atoms with Crippen molar-refractivity contribution in [2.75, 3.05) is 5.32 Å². The molecule has 3 aromatic rings. The predicted octanol–water partition coefficient (Wildman–Crippen LogP) is 4.80. The van der Waals surface area contributed by atoms with Gasteiger partial charge in [-0.3, -0.25) is 4.79 Å². The molecule has 0 aliphatic rings. The van der Waals surface area contributed by atoms with Crippen LogP contribution in [-0.2, 0) is 0 Å². The van der Waals surface area contributed by atoms with E-state index in [1.54, 1.807) is 36.4 Å². The first-order valence-corrected chi connectivity index (χ1v) is 6.95. The highest BCUT2D eigenvalue weighted by atomic mass is 19.1. The third-order valence-corrected chi connectivity index (χ3v) is 3.32. The van der Waals surface area contributed by atoms with Crippen LogP contribution >= 0.6 is 0 Å². The van der Waals surface area contributed by atoms with Gasteiger partial charge in [0.15, 0.2) is 5.78 Å². The van der Waals surface area contributed by atoms with E-state index in [9.17, 15) is 9.18 Å². The fourth-order valence-electron chi connectivity index (χ4n) is 2.16. The molecule has 3 rings (SSSR count). The second-order valence-corrected chi connectivity index (χ2v) is 4.90. The van der Waals surface area contributed by atoms with Crippen LogP contribution in [0, 0.1) is 5.82 Å². The second-order valence-electron chi connectivity index (χ2n) is 4.90. The standard InChI is InChI=1S/C19H14FNO/c20-16-8-12-18(13-9-16)21-17-10-6-15(7-11-17)19(22)14-4-2-1-3-5-14/h1-13,21H. The Balaban J connectivity index is 1.75. The highest BCUT2D eigenvalue weighted by Gasteiger charge is 2.08. The Labute approximate surface area is 128 Å². The third kappa shape index (κ3) is 3.20. The van der Waals surface area contributed by atoms with Crippen LogP contribution in [-0.4, -0.2) is 5.78 Å². The zero-order chi connectivity index (χ0) is 15.4. The maximum Gasteiger partial charge on any atom is 0.193 e. The summed E-state index contributed by atoms with van der Waals surface area (Å²) < 4.78 is 12.9. The predicted molar refractivity (Wildman–Crippen MR) is 86.0 cm³/mol. The van der Waals surface area contributed by atoms with Crippen molar-refractivity contribution in [2.24, 2.45) is 0 Å². The van der Waals surface area contributed by atoms with E-state index in [1.807, 2.05) is 30.3 Å². The van der Waals surface area contributed by atoms with Crippen LogP contribution in [0.5, 0.6) is 0 Å². The molecule has 0 heterocycles. The number of anilines is 2. The number of benzene rings is 3. The fraction of sp³-hybridized carbons (Fsp3) is 0. The topological polar surface area (TPSA) is 29.1 Å². The Morgan fingerprint density at radius 1 is 0.682 bits per heavy atom. The Morgan fingerprint density at radius 2 is 1.18 bits per heavy atom. The van der Waals surface area contributed by atoms with Crippen LogP contribution in [0.15, 0.2) is 78.9 Å². The summed E-state index contributed by atoms with van der Waals surface area (Å²) in [6.07, 6.45) is 0. The molecule has 0 atom stereocenters. The number of rotatable bonds is 4. The molecule has 0 spiro atoms. The van der Waals surface area contributed by atoms with Crippen LogP contribution in [0.3, 0.4) is 0 Å². The van der Waals surface area contributed by atoms with Crippen molar-refractivity contribution in [1.29, 1.82) is 0 Å². The van der Waals surface area contributed by atoms with Crippen molar-refractivity contribution in [3.05, 3.63) is 95.8 Å². The highest BCUT2D eigenvalue weighted by molar-refractivity contribution is 6.09. The Morgan fingerprint density at radius 3 is 1.77 bits per heavy atom. The van der Waals surface area contributed by atoms with Crippen LogP contribution in [0.4, 0.5) is 15.8 Å². The monoisotopic (exact) mass is 291 g/mol. The maximum absolute atomic E-state index is 12.9. The van der Waals surface area contributed by atoms with E-state index in [4.69, 9.17) is 0 Å². The van der Waals surface area contributed by atoms with Crippen LogP contribution in [0.1, 0.15) is 15.9 Å². The van der Waals surface area contributed by atoms with Crippen LogP contribution in [0.25, 0.3) is 0 Å². The summed E-state index contributed by atoms with van der Waals surface area (Å²) in [6.45, 7) is 0. The fourth-order valence-corrected chi connectivity index (χ4v) is 2.16. The molecule has 0 bridgehead atoms. The lowest BCUT2D eigenvalue weighted by Gasteiger charge is -2.07. The van der Waals surface area contributed by atoms with Gasteiger partial charge >= 0.3 is 0 Å². The van der Waals surface area contributed by atoms with E-state index in [0.717, 1.165) is 11.4 Å². The Bertz CT molecular complexity index is 765. The lowest BCUT2D eigenvalue weighted by atomic mass is 10.0. The van der Waals surface area contributed by atoms with Gasteiger partial charge in [-0.05, 0) is 48.5 Å². The number of nitrogens with one attached hydrogen (secondary N) is 1. The molecule has 0 saturated heterocycles. The number of carbonyl (C=O) groups excluding carboxylic acids is 1. The Hall–Kier alpha value is -2.94. The van der Waals surface area contributed by atoms with E-state index in [0.29, 0.717) is 11.1 Å². The molecule has 0 amide bonds. The number of carbonyl (C=O) groups is 1. The Kier molecular flexibility index (Phi) is 3.97. The van der Waals surface area contributed by atoms with Gasteiger partial charge in [-0.2, -0.15) is 0 Å². The van der Waals surface area contributed by atoms with Gasteiger partial charge in [-0.1, -0.05) is 30.3 Å². The first kappa shape index (κ1) is 14.0. The summed E-state index contributed by atoms with van der Waals surface area (Å²) in [5, 5.41) is 3.16. The molecule has 22 heavy (non-hydrogen) atoms. The number of hydrogen-bond acceptors (Lipinski definition) is 2. The number of ketones is 1. The van der Waals surface area contributed by atoms with Gasteiger partial charge < -0.3 is 5.32 Å². The van der Waals surface area contributed by atoms with Crippen molar-refractivity contribution >= 4 is 17.2 Å². The third-order valence-electron chi connectivity index (χ3n) is 3.32. The zero-order valence-electron chi connectivity index (χ0n) is 11.8. The molecule has 2 nitrogen and oxygen atoms in total. The SMILES string of the molecule is O=C(c1ccccc1)c1ccc(Nc2ccc(F)cc2)cc1. The van der Waals surface area contributed by atoms with Gasteiger partial charge in [0.1, 0.15) is 5.82 Å². The lowest BCUT2D eigenvalue weighted by molar-refractivity contribution is 0.103. The minimum atomic E-state index is -0.269. The molecule has 108 valence electrons. The van der Waals surface area contributed by atoms with Gasteiger partial charge in [0, 0.05) is 22.5 Å². The average molecular weight is 291 g/mol. The van der Waals surface area contributed by atoms with Crippen molar-refractivity contribution < 1.29 is 9.18 Å². The number of halogens is 1. The summed E-state index contributed by atoms with van der Waals surface area (Å²) in [7, 11) is 0. The zero-order valence-corrected chi connectivity index (χ0v) is 11.8. The molecule has 0 radical (unpaired) electrons. The van der Waals surface area contributed by atoms with Gasteiger partial charge in [0.25, 0.3) is 0 Å². The van der Waals surface area contributed by atoms with Gasteiger partial charge in [-0.25, -0.2) is 4.39 Å². The van der Waals surface area contributed by atoms with Crippen LogP contribution in [0.2, 0.25) is 0 Å². The molecule has 0 unspecified atom stereocenters. The first-order chi connectivity index (χ1) is 10.7. The average Bonchev–Trinajstić information content (AvgIpc) is 2.58. The summed E-state index contributed by atoms with van der Waals surface area (Å²) in [4.78, 5) is 12.3. The molecule has 0 saturated carbocycles. The second kappa shape index (κ2) is 6.22. The molecule has 1 N–H and O–H groups in total. The summed E-state index contributed by atoms with van der Waals surface area (Å²) in [5.41, 5.74) is 2.94. The first-order valence-electron chi connectivity index (χ1n) is 6.95. The van der Waals surface area contributed by atoms with Crippen molar-refractivity contribution in [3.63, 3.8) is 0 Å². The quantitative estimate of drug-likeness (QED) is 0.699. The number of hydrogen-bond donors (Lipinski definition) is 1. The minimum absolute atomic E-state index is 0.00562. The minimum Gasteiger partial charge on any atom is -0.356 e. The van der Waals surface area contributed by atoms with E-state index >= 15 is 0 Å². The molecule has 0 aromatic heterocycles. The molecule has 0 aliphatic heterocycles. The molecule has 3 aromatic carbocycles. The van der Waals surface area contributed by atoms with Gasteiger partial charge in [-0.15, -0.1) is 0 Å². The van der Waals surface area contributed by atoms with Crippen molar-refractivity contribution in [2.45, 2.75) is 0 Å². The van der Waals surface area contributed by atoms with Gasteiger partial charge in [0.05, 0.1) is 0 Å². The van der Waals surface area contributed by atoms with Gasteiger partial charge in [0.2, 0.25) is 0 Å². The van der Waals surface area contributed by atoms with E-state index in [2.05, 4.69) is 5.32 Å². The summed E-state index contributed by atoms with van der Waals surface area (Å²) in [5.74, 6) is -0.275.